The van der Waals surface area contributed by atoms with Crippen LogP contribution in [0.5, 0.6) is 11.5 Å². The van der Waals surface area contributed by atoms with Gasteiger partial charge in [0.2, 0.25) is 0 Å². The van der Waals surface area contributed by atoms with E-state index < -0.39 is 0 Å². The molecule has 1 aromatic heterocycles. The van der Waals surface area contributed by atoms with Crippen LogP contribution in [0, 0.1) is 3.57 Å². The Morgan fingerprint density at radius 3 is 2.68 bits per heavy atom. The molecule has 0 unspecified atom stereocenters. The van der Waals surface area contributed by atoms with Gasteiger partial charge in [0.15, 0.2) is 18.1 Å². The lowest BCUT2D eigenvalue weighted by Gasteiger charge is -2.15. The Balaban J connectivity index is 1.62. The molecule has 4 rings (SSSR count). The fraction of sp³-hybridized carbons (Fsp3) is 0.214. The molecule has 1 N–H and O–H groups in total. The van der Waals surface area contributed by atoms with Crippen LogP contribution < -0.4 is 20.3 Å². The van der Waals surface area contributed by atoms with Gasteiger partial charge in [-0.25, -0.2) is 4.98 Å². The molecule has 0 saturated heterocycles. The summed E-state index contributed by atoms with van der Waals surface area (Å²) in [7, 11) is 1.53. The van der Waals surface area contributed by atoms with Crippen molar-refractivity contribution in [1.82, 2.24) is 9.66 Å². The van der Waals surface area contributed by atoms with Crippen molar-refractivity contribution in [3.05, 3.63) is 90.4 Å². The first-order valence-electron chi connectivity index (χ1n) is 11.9. The van der Waals surface area contributed by atoms with Crippen molar-refractivity contribution in [2.45, 2.75) is 26.2 Å². The van der Waals surface area contributed by atoms with Gasteiger partial charge >= 0.3 is 0 Å². The van der Waals surface area contributed by atoms with Crippen LogP contribution >= 0.6 is 38.5 Å². The Labute approximate surface area is 242 Å². The zero-order chi connectivity index (χ0) is 27.2. The van der Waals surface area contributed by atoms with Crippen LogP contribution in [0.4, 0.5) is 5.69 Å². The number of nitrogens with one attached hydrogen (secondary N) is 1. The van der Waals surface area contributed by atoms with E-state index in [0.29, 0.717) is 39.5 Å². The summed E-state index contributed by atoms with van der Waals surface area (Å²) in [4.78, 5) is 30.5. The minimum Gasteiger partial charge on any atom is -0.493 e. The van der Waals surface area contributed by atoms with Crippen LogP contribution in [-0.2, 0) is 4.79 Å². The van der Waals surface area contributed by atoms with E-state index in [1.807, 2.05) is 50.2 Å². The lowest BCUT2D eigenvalue weighted by molar-refractivity contribution is -0.118. The molecule has 4 aromatic rings. The lowest BCUT2D eigenvalue weighted by atomic mass is 10.1. The maximum Gasteiger partial charge on any atom is 0.282 e. The number of aromatic nitrogens is 2. The lowest BCUT2D eigenvalue weighted by Crippen LogP contribution is -2.23. The highest BCUT2D eigenvalue weighted by Crippen LogP contribution is 2.33. The summed E-state index contributed by atoms with van der Waals surface area (Å²) >= 11 is 5.55. The average molecular weight is 689 g/mol. The van der Waals surface area contributed by atoms with E-state index in [1.165, 1.54) is 11.8 Å². The third-order valence-corrected chi connectivity index (χ3v) is 7.16. The molecule has 0 saturated carbocycles. The first-order chi connectivity index (χ1) is 18.3. The number of methoxy groups -OCH3 is 1. The largest absolute Gasteiger partial charge is 0.493 e. The Morgan fingerprint density at radius 1 is 1.21 bits per heavy atom. The van der Waals surface area contributed by atoms with E-state index in [0.717, 1.165) is 14.5 Å². The Hall–Kier alpha value is -3.25. The number of fused-ring (bicyclic) bond motifs is 1. The summed E-state index contributed by atoms with van der Waals surface area (Å²) in [5, 5.41) is 7.80. The standard InChI is InChI=1S/C28H26BrIN4O4/c1-4-17(2)27-33-23-11-10-19(29)14-21(23)28(36)34(27)31-15-18-12-22(30)26(24(13-18)37-3)38-16-25(35)32-20-8-6-5-7-9-20/h5-15,17H,4,16H2,1-3H3,(H,32,35)/t17-/m0/s1. The van der Waals surface area contributed by atoms with Crippen LogP contribution in [0.3, 0.4) is 0 Å². The van der Waals surface area contributed by atoms with Gasteiger partial charge in [0, 0.05) is 16.1 Å². The predicted molar refractivity (Wildman–Crippen MR) is 162 cm³/mol. The number of para-hydroxylation sites is 1. The van der Waals surface area contributed by atoms with Crippen LogP contribution in [-0.4, -0.2) is 35.5 Å². The highest BCUT2D eigenvalue weighted by molar-refractivity contribution is 14.1. The van der Waals surface area contributed by atoms with Crippen LogP contribution in [0.15, 0.2) is 75.0 Å². The van der Waals surface area contributed by atoms with E-state index in [1.54, 1.807) is 30.5 Å². The molecular formula is C28H26BrIN4O4. The van der Waals surface area contributed by atoms with Crippen LogP contribution in [0.25, 0.3) is 10.9 Å². The Morgan fingerprint density at radius 2 is 1.97 bits per heavy atom. The molecule has 8 nitrogen and oxygen atoms in total. The molecule has 0 aliphatic carbocycles. The molecule has 1 amide bonds. The van der Waals surface area contributed by atoms with Crippen molar-refractivity contribution in [3.8, 4) is 11.5 Å². The third kappa shape index (κ3) is 6.41. The van der Waals surface area contributed by atoms with Gasteiger partial charge in [-0.2, -0.15) is 9.78 Å². The number of halogens is 2. The number of carbonyl (C=O) groups excluding carboxylic acids is 1. The average Bonchev–Trinajstić information content (AvgIpc) is 2.91. The first-order valence-corrected chi connectivity index (χ1v) is 13.8. The van der Waals surface area contributed by atoms with Crippen molar-refractivity contribution >= 4 is 67.2 Å². The molecule has 0 spiro atoms. The van der Waals surface area contributed by atoms with E-state index in [9.17, 15) is 9.59 Å². The highest BCUT2D eigenvalue weighted by atomic mass is 127. The number of amides is 1. The second-order valence-electron chi connectivity index (χ2n) is 8.54. The van der Waals surface area contributed by atoms with E-state index in [-0.39, 0.29) is 24.0 Å². The fourth-order valence-corrected chi connectivity index (χ4v) is 4.86. The SMILES string of the molecule is CC[C@H](C)c1nc2ccc(Br)cc2c(=O)n1N=Cc1cc(I)c(OCC(=O)Nc2ccccc2)c(OC)c1. The maximum atomic E-state index is 13.4. The van der Waals surface area contributed by atoms with Crippen molar-refractivity contribution in [2.24, 2.45) is 5.10 Å². The molecular weight excluding hydrogens is 663 g/mol. The molecule has 3 aromatic carbocycles. The van der Waals surface area contributed by atoms with Gasteiger partial charge in [0.05, 0.1) is 27.8 Å². The quantitative estimate of drug-likeness (QED) is 0.167. The van der Waals surface area contributed by atoms with Crippen LogP contribution in [0.2, 0.25) is 0 Å². The predicted octanol–water partition coefficient (Wildman–Crippen LogP) is 6.19. The first kappa shape index (κ1) is 27.8. The third-order valence-electron chi connectivity index (χ3n) is 5.87. The van der Waals surface area contributed by atoms with E-state index in [2.05, 4.69) is 48.9 Å². The monoisotopic (exact) mass is 688 g/mol. The second kappa shape index (κ2) is 12.5. The molecule has 1 heterocycles. The second-order valence-corrected chi connectivity index (χ2v) is 10.6. The number of ether oxygens (including phenoxy) is 2. The summed E-state index contributed by atoms with van der Waals surface area (Å²) in [5.74, 6) is 1.23. The number of benzene rings is 3. The summed E-state index contributed by atoms with van der Waals surface area (Å²) in [6, 6.07) is 18.2. The number of hydrogen-bond donors (Lipinski definition) is 1. The summed E-state index contributed by atoms with van der Waals surface area (Å²) in [5.41, 5.74) is 1.78. The number of anilines is 1. The number of hydrogen-bond acceptors (Lipinski definition) is 6. The topological polar surface area (TPSA) is 94.8 Å². The summed E-state index contributed by atoms with van der Waals surface area (Å²) < 4.78 is 14.2. The van der Waals surface area contributed by atoms with Gasteiger partial charge in [-0.15, -0.1) is 0 Å². The van der Waals surface area contributed by atoms with Gasteiger partial charge in [-0.3, -0.25) is 9.59 Å². The Bertz CT molecular complexity index is 1560. The van der Waals surface area contributed by atoms with Crippen molar-refractivity contribution in [2.75, 3.05) is 19.0 Å². The highest BCUT2D eigenvalue weighted by Gasteiger charge is 2.17. The van der Waals surface area contributed by atoms with E-state index >= 15 is 0 Å². The molecule has 0 aliphatic rings. The minimum absolute atomic E-state index is 0.0281. The van der Waals surface area contributed by atoms with Gasteiger partial charge in [0.25, 0.3) is 11.5 Å². The van der Waals surface area contributed by atoms with Crippen LogP contribution in [0.1, 0.15) is 37.6 Å². The molecule has 196 valence electrons. The molecule has 10 heteroatoms. The van der Waals surface area contributed by atoms with Gasteiger partial charge in [0.1, 0.15) is 5.82 Å². The van der Waals surface area contributed by atoms with E-state index in [4.69, 9.17) is 14.5 Å². The maximum absolute atomic E-state index is 13.4. The van der Waals surface area contributed by atoms with Gasteiger partial charge < -0.3 is 14.8 Å². The molecule has 1 atom stereocenters. The molecule has 0 bridgehead atoms. The molecule has 0 aliphatic heterocycles. The molecule has 0 fully saturated rings. The molecule has 38 heavy (non-hydrogen) atoms. The smallest absolute Gasteiger partial charge is 0.282 e. The van der Waals surface area contributed by atoms with Crippen molar-refractivity contribution in [3.63, 3.8) is 0 Å². The Kier molecular flexibility index (Phi) is 9.16. The normalized spacial score (nSPS) is 12.0. The van der Waals surface area contributed by atoms with Crippen molar-refractivity contribution < 1.29 is 14.3 Å². The van der Waals surface area contributed by atoms with Gasteiger partial charge in [-0.05, 0) is 77.0 Å². The summed E-state index contributed by atoms with van der Waals surface area (Å²) in [6.07, 6.45) is 2.40. The van der Waals surface area contributed by atoms with Gasteiger partial charge in [-0.1, -0.05) is 48.0 Å². The minimum atomic E-state index is -0.285. The zero-order valence-corrected chi connectivity index (χ0v) is 24.8. The zero-order valence-electron chi connectivity index (χ0n) is 21.1. The summed E-state index contributed by atoms with van der Waals surface area (Å²) in [6.45, 7) is 3.88. The number of nitrogens with zero attached hydrogens (tertiary/aromatic N) is 3. The number of rotatable bonds is 9. The van der Waals surface area contributed by atoms with Crippen molar-refractivity contribution in [1.29, 1.82) is 0 Å². The molecule has 0 radical (unpaired) electrons. The fourth-order valence-electron chi connectivity index (χ4n) is 3.71. The number of carbonyl (C=O) groups is 1.